The van der Waals surface area contributed by atoms with Crippen LogP contribution in [-0.2, 0) is 14.3 Å². The van der Waals surface area contributed by atoms with E-state index in [1.165, 1.54) is 0 Å². The lowest BCUT2D eigenvalue weighted by atomic mass is 10.0. The SMILES string of the molecule is O=C(O)C(Cl)(Cl)Cl.[3H][C@H]1CC(C(=O)F)[C@@H](CC)O1. The van der Waals surface area contributed by atoms with Gasteiger partial charge in [-0.1, -0.05) is 41.7 Å². The molecule has 1 unspecified atom stereocenters. The molecule has 1 fully saturated rings. The van der Waals surface area contributed by atoms with Crippen molar-refractivity contribution in [1.29, 1.82) is 0 Å². The third-order valence-electron chi connectivity index (χ3n) is 2.01. The molecule has 1 aliphatic heterocycles. The Balaban J connectivity index is 0.000000360. The first-order chi connectivity index (χ1) is 8.09. The lowest BCUT2D eigenvalue weighted by Crippen LogP contribution is -2.20. The third kappa shape index (κ3) is 6.41. The number of carboxylic acid groups (broad SMARTS) is 1. The van der Waals surface area contributed by atoms with Gasteiger partial charge >= 0.3 is 12.0 Å². The number of carboxylic acids is 1. The molecule has 8 heteroatoms. The van der Waals surface area contributed by atoms with Gasteiger partial charge in [-0.3, -0.25) is 4.79 Å². The summed E-state index contributed by atoms with van der Waals surface area (Å²) in [5, 5.41) is 7.85. The fourth-order valence-corrected chi connectivity index (χ4v) is 1.15. The van der Waals surface area contributed by atoms with Crippen LogP contribution in [0.2, 0.25) is 0 Å². The number of carbonyl (C=O) groups is 2. The maximum atomic E-state index is 12.2. The van der Waals surface area contributed by atoms with Crippen LogP contribution in [0.25, 0.3) is 0 Å². The molecule has 0 radical (unpaired) electrons. The van der Waals surface area contributed by atoms with Crippen LogP contribution in [0, 0.1) is 5.92 Å². The van der Waals surface area contributed by atoms with Gasteiger partial charge in [-0.2, -0.15) is 4.39 Å². The van der Waals surface area contributed by atoms with Crippen molar-refractivity contribution in [3.63, 3.8) is 0 Å². The van der Waals surface area contributed by atoms with Gasteiger partial charge in [-0.25, -0.2) is 4.79 Å². The Hall–Kier alpha value is -0.100. The molecule has 0 aromatic heterocycles. The van der Waals surface area contributed by atoms with E-state index in [9.17, 15) is 14.0 Å². The molecule has 0 amide bonds. The first-order valence-electron chi connectivity index (χ1n) is 5.24. The molecule has 3 atom stereocenters. The largest absolute Gasteiger partial charge is 0.478 e. The summed E-state index contributed by atoms with van der Waals surface area (Å²) in [6, 6.07) is -1.34. The number of halogens is 4. The van der Waals surface area contributed by atoms with Crippen LogP contribution in [-0.4, -0.2) is 33.6 Å². The Labute approximate surface area is 114 Å². The van der Waals surface area contributed by atoms with Crippen molar-refractivity contribution in [3.8, 4) is 0 Å². The average Bonchev–Trinajstić information content (AvgIpc) is 2.59. The summed E-state index contributed by atoms with van der Waals surface area (Å²) in [5.41, 5.74) is 0. The van der Waals surface area contributed by atoms with Gasteiger partial charge in [0, 0.05) is 6.58 Å². The smallest absolute Gasteiger partial charge is 0.356 e. The molecule has 1 rings (SSSR count). The summed E-state index contributed by atoms with van der Waals surface area (Å²) in [4.78, 5) is 20.0. The van der Waals surface area contributed by atoms with Crippen molar-refractivity contribution in [3.05, 3.63) is 0 Å². The molecule has 0 aromatic carbocycles. The van der Waals surface area contributed by atoms with E-state index in [2.05, 4.69) is 0 Å². The zero-order valence-corrected chi connectivity index (χ0v) is 11.1. The van der Waals surface area contributed by atoms with Gasteiger partial charge < -0.3 is 9.84 Å². The fraction of sp³-hybridized carbons (Fsp3) is 0.778. The highest BCUT2D eigenvalue weighted by Gasteiger charge is 2.32. The van der Waals surface area contributed by atoms with Gasteiger partial charge in [0.05, 0.1) is 13.4 Å². The van der Waals surface area contributed by atoms with E-state index in [1.807, 2.05) is 6.92 Å². The lowest BCUT2D eigenvalue weighted by molar-refractivity contribution is -0.136. The van der Waals surface area contributed by atoms with E-state index in [1.54, 1.807) is 0 Å². The van der Waals surface area contributed by atoms with Gasteiger partial charge in [0.15, 0.2) is 0 Å². The molecule has 1 heterocycles. The quantitative estimate of drug-likeness (QED) is 0.629. The fourth-order valence-electron chi connectivity index (χ4n) is 1.15. The molecular weight excluding hydrogens is 297 g/mol. The molecule has 0 bridgehead atoms. The first kappa shape index (κ1) is 15.0. The molecular formula is C9H12Cl3FO4. The standard InChI is InChI=1S/C7H11FO2.C2HCl3O2/c1-2-6-5(7(8)9)3-4-10-6;3-2(4,5)1(6)7/h5-6H,2-4H2,1H3;(H,6,7)/t5?,6-;/m1./s1/i4T;/t4-,5?,6+;/m0.. The lowest BCUT2D eigenvalue weighted by Gasteiger charge is -2.10. The number of ether oxygens (including phenoxy) is 1. The van der Waals surface area contributed by atoms with Gasteiger partial charge in [0.2, 0.25) is 0 Å². The monoisotopic (exact) mass is 310 g/mol. The molecule has 1 N–H and O–H groups in total. The molecule has 17 heavy (non-hydrogen) atoms. The Bertz CT molecular complexity index is 311. The highest BCUT2D eigenvalue weighted by molar-refractivity contribution is 6.75. The third-order valence-corrected chi connectivity index (χ3v) is 2.49. The van der Waals surface area contributed by atoms with Crippen molar-refractivity contribution in [1.82, 2.24) is 0 Å². The van der Waals surface area contributed by atoms with Crippen LogP contribution in [0.3, 0.4) is 0 Å². The van der Waals surface area contributed by atoms with Crippen molar-refractivity contribution >= 4 is 46.8 Å². The number of hydrogen-bond donors (Lipinski definition) is 1. The number of aliphatic carboxylic acids is 1. The predicted molar refractivity (Wildman–Crippen MR) is 62.2 cm³/mol. The summed E-state index contributed by atoms with van der Waals surface area (Å²) in [7, 11) is 0. The molecule has 4 nitrogen and oxygen atoms in total. The van der Waals surface area contributed by atoms with Crippen LogP contribution in [0.1, 0.15) is 21.1 Å². The predicted octanol–water partition coefficient (Wildman–Crippen LogP) is 2.74. The number of alkyl halides is 3. The van der Waals surface area contributed by atoms with Crippen LogP contribution in [0.15, 0.2) is 0 Å². The number of carbonyl (C=O) groups excluding carboxylic acids is 1. The summed E-state index contributed by atoms with van der Waals surface area (Å²) >= 11 is 14.4. The van der Waals surface area contributed by atoms with Crippen molar-refractivity contribution in [2.45, 2.75) is 29.7 Å². The van der Waals surface area contributed by atoms with E-state index in [0.717, 1.165) is 0 Å². The Morgan fingerprint density at radius 3 is 2.29 bits per heavy atom. The number of hydrogen-bond acceptors (Lipinski definition) is 3. The van der Waals surface area contributed by atoms with Crippen molar-refractivity contribution in [2.24, 2.45) is 5.92 Å². The van der Waals surface area contributed by atoms with Crippen LogP contribution in [0.4, 0.5) is 4.39 Å². The van der Waals surface area contributed by atoms with Crippen LogP contribution < -0.4 is 0 Å². The van der Waals surface area contributed by atoms with Crippen LogP contribution in [0.5, 0.6) is 0 Å². The second-order valence-electron chi connectivity index (χ2n) is 3.20. The summed E-state index contributed by atoms with van der Waals surface area (Å²) in [6.45, 7) is 1.10. The van der Waals surface area contributed by atoms with Gasteiger partial charge in [-0.05, 0) is 12.8 Å². The van der Waals surface area contributed by atoms with E-state index in [4.69, 9.17) is 46.0 Å². The molecule has 100 valence electrons. The minimum atomic E-state index is -2.17. The van der Waals surface area contributed by atoms with Gasteiger partial charge in [0.25, 0.3) is 3.79 Å². The Morgan fingerprint density at radius 1 is 1.59 bits per heavy atom. The average molecular weight is 312 g/mol. The maximum absolute atomic E-state index is 12.2. The molecule has 0 spiro atoms. The van der Waals surface area contributed by atoms with E-state index >= 15 is 0 Å². The highest BCUT2D eigenvalue weighted by atomic mass is 35.6. The normalized spacial score (nSPS) is 29.0. The topological polar surface area (TPSA) is 63.6 Å². The summed E-state index contributed by atoms with van der Waals surface area (Å²) < 4.78 is 22.2. The number of rotatable bonds is 2. The van der Waals surface area contributed by atoms with Gasteiger partial charge in [0.1, 0.15) is 0 Å². The molecule has 0 aromatic rings. The van der Waals surface area contributed by atoms with E-state index in [0.29, 0.717) is 6.42 Å². The zero-order valence-electron chi connectivity index (χ0n) is 9.83. The minimum Gasteiger partial charge on any atom is -0.478 e. The van der Waals surface area contributed by atoms with Crippen molar-refractivity contribution < 1.29 is 25.2 Å². The first-order valence-corrected chi connectivity index (χ1v) is 5.80. The van der Waals surface area contributed by atoms with E-state index < -0.39 is 28.3 Å². The van der Waals surface area contributed by atoms with E-state index in [-0.39, 0.29) is 12.5 Å². The minimum absolute atomic E-state index is 0.202. The molecule has 1 aliphatic rings. The molecule has 0 aliphatic carbocycles. The Kier molecular flexibility index (Phi) is 6.48. The second kappa shape index (κ2) is 7.36. The van der Waals surface area contributed by atoms with Crippen LogP contribution >= 0.6 is 34.8 Å². The van der Waals surface area contributed by atoms with Crippen molar-refractivity contribution in [2.75, 3.05) is 6.58 Å². The second-order valence-corrected chi connectivity index (χ2v) is 5.48. The highest BCUT2D eigenvalue weighted by Crippen LogP contribution is 2.25. The maximum Gasteiger partial charge on any atom is 0.356 e. The summed E-state index contributed by atoms with van der Waals surface area (Å²) in [6.07, 6.45) is 0.416. The van der Waals surface area contributed by atoms with Gasteiger partial charge in [-0.15, -0.1) is 0 Å². The summed E-state index contributed by atoms with van der Waals surface area (Å²) in [5.74, 6) is -2.15. The molecule has 1 saturated heterocycles. The Morgan fingerprint density at radius 2 is 2.06 bits per heavy atom. The zero-order chi connectivity index (χ0) is 14.5. The molecule has 0 saturated carbocycles.